The smallest absolute Gasteiger partial charge is 0.436 e. The van der Waals surface area contributed by atoms with Gasteiger partial charge < -0.3 is 9.63 Å². The second kappa shape index (κ2) is 5.73. The maximum absolute atomic E-state index is 12.3. The van der Waals surface area contributed by atoms with Crippen molar-refractivity contribution in [1.29, 1.82) is 0 Å². The molecule has 0 bridgehead atoms. The Morgan fingerprint density at radius 1 is 1.32 bits per heavy atom. The number of alkyl halides is 3. The third-order valence-electron chi connectivity index (χ3n) is 2.09. The van der Waals surface area contributed by atoms with Crippen LogP contribution in [0.15, 0.2) is 24.3 Å². The summed E-state index contributed by atoms with van der Waals surface area (Å²) >= 11 is 0. The molecule has 0 aliphatic heterocycles. The summed E-state index contributed by atoms with van der Waals surface area (Å²) in [6.07, 6.45) is -4.46. The van der Waals surface area contributed by atoms with Crippen LogP contribution in [0, 0.1) is 0 Å². The Labute approximate surface area is 106 Å². The zero-order valence-electron chi connectivity index (χ0n) is 9.68. The maximum Gasteiger partial charge on any atom is 0.436 e. The Hall–Kier alpha value is -1.37. The standard InChI is InChI=1S/C10H10F3O5P/c1-17-9(14)19(15,16)18-6-7-2-4-8(5-3-7)10(11,12)13/h2-5H,6H2,1H3,(H,15,16). The molecule has 1 unspecified atom stereocenters. The number of halogens is 3. The lowest BCUT2D eigenvalue weighted by Crippen LogP contribution is -2.05. The van der Waals surface area contributed by atoms with Crippen LogP contribution in [0.4, 0.5) is 18.0 Å². The lowest BCUT2D eigenvalue weighted by molar-refractivity contribution is -0.137. The molecule has 1 aromatic rings. The van der Waals surface area contributed by atoms with Crippen LogP contribution in [0.5, 0.6) is 0 Å². The predicted molar refractivity (Wildman–Crippen MR) is 58.5 cm³/mol. The van der Waals surface area contributed by atoms with Gasteiger partial charge in [0.1, 0.15) is 0 Å². The first-order valence-corrected chi connectivity index (χ1v) is 6.46. The fourth-order valence-corrected chi connectivity index (χ4v) is 1.78. The van der Waals surface area contributed by atoms with Gasteiger partial charge in [0.05, 0.1) is 19.3 Å². The number of benzene rings is 1. The van der Waals surface area contributed by atoms with Crippen molar-refractivity contribution in [2.45, 2.75) is 12.8 Å². The van der Waals surface area contributed by atoms with Gasteiger partial charge >= 0.3 is 19.5 Å². The Balaban J connectivity index is 2.70. The van der Waals surface area contributed by atoms with Gasteiger partial charge in [0, 0.05) is 0 Å². The zero-order valence-corrected chi connectivity index (χ0v) is 10.6. The number of carbonyl (C=O) groups excluding carboxylic acids is 1. The van der Waals surface area contributed by atoms with E-state index in [0.717, 1.165) is 31.4 Å². The molecule has 5 nitrogen and oxygen atoms in total. The highest BCUT2D eigenvalue weighted by atomic mass is 31.2. The normalized spacial score (nSPS) is 14.8. The third kappa shape index (κ3) is 4.34. The summed E-state index contributed by atoms with van der Waals surface area (Å²) in [6, 6.07) is 3.78. The monoisotopic (exact) mass is 298 g/mol. The van der Waals surface area contributed by atoms with Crippen molar-refractivity contribution in [3.05, 3.63) is 35.4 Å². The number of hydrogen-bond acceptors (Lipinski definition) is 4. The van der Waals surface area contributed by atoms with Crippen molar-refractivity contribution in [2.24, 2.45) is 0 Å². The first-order chi connectivity index (χ1) is 8.66. The van der Waals surface area contributed by atoms with Crippen molar-refractivity contribution >= 4 is 13.3 Å². The first kappa shape index (κ1) is 15.7. The molecule has 0 aliphatic rings. The topological polar surface area (TPSA) is 72.8 Å². The van der Waals surface area contributed by atoms with Gasteiger partial charge in [-0.25, -0.2) is 9.36 Å². The molecule has 0 aromatic heterocycles. The SMILES string of the molecule is COC(=O)P(=O)(O)OCc1ccc(C(F)(F)F)cc1. The molecule has 0 heterocycles. The molecule has 0 aliphatic carbocycles. The van der Waals surface area contributed by atoms with Crippen LogP contribution in [0.3, 0.4) is 0 Å². The number of carbonyl (C=O) groups is 1. The third-order valence-corrected chi connectivity index (χ3v) is 3.22. The molecule has 9 heteroatoms. The first-order valence-electron chi connectivity index (χ1n) is 4.89. The zero-order chi connectivity index (χ0) is 14.7. The van der Waals surface area contributed by atoms with E-state index in [1.807, 2.05) is 0 Å². The Morgan fingerprint density at radius 2 is 1.84 bits per heavy atom. The molecular formula is C10H10F3O5P. The number of methoxy groups -OCH3 is 1. The van der Waals surface area contributed by atoms with Crippen molar-refractivity contribution in [1.82, 2.24) is 0 Å². The second-order valence-corrected chi connectivity index (χ2v) is 5.12. The molecular weight excluding hydrogens is 288 g/mol. The van der Waals surface area contributed by atoms with E-state index in [-0.39, 0.29) is 5.56 Å². The Morgan fingerprint density at radius 3 is 2.26 bits per heavy atom. The summed E-state index contributed by atoms with van der Waals surface area (Å²) in [5.41, 5.74) is -2.07. The highest BCUT2D eigenvalue weighted by molar-refractivity contribution is 7.70. The Bertz CT molecular complexity index is 497. The number of rotatable bonds is 4. The van der Waals surface area contributed by atoms with Gasteiger partial charge in [-0.05, 0) is 17.7 Å². The molecule has 106 valence electrons. The largest absolute Gasteiger partial charge is 0.460 e. The van der Waals surface area contributed by atoms with Crippen molar-refractivity contribution in [3.8, 4) is 0 Å². The molecule has 1 atom stereocenters. The summed E-state index contributed by atoms with van der Waals surface area (Å²) in [5.74, 6) is 0. The fraction of sp³-hybridized carbons (Fsp3) is 0.300. The summed E-state index contributed by atoms with van der Waals surface area (Å²) in [7, 11) is -3.67. The summed E-state index contributed by atoms with van der Waals surface area (Å²) in [6.45, 7) is -0.485. The fourth-order valence-electron chi connectivity index (χ4n) is 1.12. The quantitative estimate of drug-likeness (QED) is 0.864. The molecule has 0 saturated carbocycles. The minimum atomic E-state index is -4.58. The molecule has 1 rings (SSSR count). The highest BCUT2D eigenvalue weighted by Crippen LogP contribution is 2.44. The van der Waals surface area contributed by atoms with Crippen molar-refractivity contribution in [2.75, 3.05) is 7.11 Å². The summed E-state index contributed by atoms with van der Waals surface area (Å²) in [4.78, 5) is 19.9. The predicted octanol–water partition coefficient (Wildman–Crippen LogP) is 3.17. The van der Waals surface area contributed by atoms with E-state index in [2.05, 4.69) is 9.26 Å². The lowest BCUT2D eigenvalue weighted by atomic mass is 10.1. The molecule has 19 heavy (non-hydrogen) atoms. The van der Waals surface area contributed by atoms with E-state index in [1.165, 1.54) is 0 Å². The molecule has 0 radical (unpaired) electrons. The minimum absolute atomic E-state index is 0.214. The van der Waals surface area contributed by atoms with Crippen LogP contribution in [-0.4, -0.2) is 17.7 Å². The molecule has 0 amide bonds. The number of ether oxygens (including phenoxy) is 1. The van der Waals surface area contributed by atoms with Gasteiger partial charge in [0.15, 0.2) is 0 Å². The van der Waals surface area contributed by atoms with Crippen LogP contribution in [0.25, 0.3) is 0 Å². The lowest BCUT2D eigenvalue weighted by Gasteiger charge is -2.10. The van der Waals surface area contributed by atoms with E-state index in [1.54, 1.807) is 0 Å². The van der Waals surface area contributed by atoms with Gasteiger partial charge in [-0.1, -0.05) is 12.1 Å². The van der Waals surface area contributed by atoms with E-state index < -0.39 is 31.7 Å². The van der Waals surface area contributed by atoms with Gasteiger partial charge in [0.25, 0.3) is 0 Å². The minimum Gasteiger partial charge on any atom is -0.460 e. The van der Waals surface area contributed by atoms with Crippen molar-refractivity contribution < 1.29 is 36.7 Å². The van der Waals surface area contributed by atoms with Crippen LogP contribution in [0.1, 0.15) is 11.1 Å². The molecule has 0 spiro atoms. The van der Waals surface area contributed by atoms with Crippen LogP contribution in [0.2, 0.25) is 0 Å². The summed E-state index contributed by atoms with van der Waals surface area (Å²) in [5, 5.41) is 0. The summed E-state index contributed by atoms with van der Waals surface area (Å²) < 4.78 is 56.5. The van der Waals surface area contributed by atoms with E-state index >= 15 is 0 Å². The van der Waals surface area contributed by atoms with E-state index in [0.29, 0.717) is 0 Å². The average Bonchev–Trinajstić information content (AvgIpc) is 2.35. The Kier molecular flexibility index (Phi) is 4.73. The van der Waals surface area contributed by atoms with Gasteiger partial charge in [-0.3, -0.25) is 4.52 Å². The second-order valence-electron chi connectivity index (χ2n) is 3.46. The van der Waals surface area contributed by atoms with Gasteiger partial charge in [-0.15, -0.1) is 0 Å². The number of hydrogen-bond donors (Lipinski definition) is 1. The van der Waals surface area contributed by atoms with Gasteiger partial charge in [-0.2, -0.15) is 13.2 Å². The maximum atomic E-state index is 12.3. The van der Waals surface area contributed by atoms with E-state index in [9.17, 15) is 22.5 Å². The average molecular weight is 298 g/mol. The van der Waals surface area contributed by atoms with Crippen LogP contribution in [-0.2, 0) is 26.6 Å². The van der Waals surface area contributed by atoms with Crippen molar-refractivity contribution in [3.63, 3.8) is 0 Å². The molecule has 0 fully saturated rings. The molecule has 1 N–H and O–H groups in total. The van der Waals surface area contributed by atoms with E-state index in [4.69, 9.17) is 4.89 Å². The molecule has 1 aromatic carbocycles. The van der Waals surface area contributed by atoms with Gasteiger partial charge in [0.2, 0.25) is 0 Å². The van der Waals surface area contributed by atoms with Crippen LogP contribution < -0.4 is 0 Å². The van der Waals surface area contributed by atoms with Crippen LogP contribution >= 0.6 is 7.60 Å². The molecule has 0 saturated heterocycles. The highest BCUT2D eigenvalue weighted by Gasteiger charge is 2.32.